The number of anilines is 2. The molecule has 5 nitrogen and oxygen atoms in total. The Balaban J connectivity index is 2.09. The van der Waals surface area contributed by atoms with Gasteiger partial charge < -0.3 is 5.32 Å². The third-order valence-corrected chi connectivity index (χ3v) is 2.77. The molecule has 0 saturated carbocycles. The summed E-state index contributed by atoms with van der Waals surface area (Å²) in [5.74, 6) is 0.320. The summed E-state index contributed by atoms with van der Waals surface area (Å²) in [6.45, 7) is 1.78. The van der Waals surface area contributed by atoms with E-state index in [9.17, 15) is 13.6 Å². The number of amides is 2. The van der Waals surface area contributed by atoms with Crippen LogP contribution in [0.1, 0.15) is 17.7 Å². The highest BCUT2D eigenvalue weighted by molar-refractivity contribution is 6.33. The fourth-order valence-electron chi connectivity index (χ4n) is 1.53. The molecule has 0 aliphatic rings. The second-order valence-corrected chi connectivity index (χ2v) is 4.46. The number of benzene rings is 1. The molecule has 0 aliphatic carbocycles. The van der Waals surface area contributed by atoms with Gasteiger partial charge in [0, 0.05) is 17.3 Å². The van der Waals surface area contributed by atoms with Crippen molar-refractivity contribution in [1.29, 1.82) is 0 Å². The fourth-order valence-corrected chi connectivity index (χ4v) is 1.69. The first kappa shape index (κ1) is 14.3. The summed E-state index contributed by atoms with van der Waals surface area (Å²) in [6, 6.07) is 4.63. The summed E-state index contributed by atoms with van der Waals surface area (Å²) in [7, 11) is 0. The van der Waals surface area contributed by atoms with Gasteiger partial charge in [-0.25, -0.2) is 13.6 Å². The van der Waals surface area contributed by atoms with Gasteiger partial charge in [-0.15, -0.1) is 0 Å². The van der Waals surface area contributed by atoms with Crippen LogP contribution >= 0.6 is 11.6 Å². The maximum atomic E-state index is 12.6. The minimum absolute atomic E-state index is 0.106. The quantitative estimate of drug-likeness (QED) is 0.803. The summed E-state index contributed by atoms with van der Waals surface area (Å²) in [5.41, 5.74) is 0.660. The first-order valence-corrected chi connectivity index (χ1v) is 6.01. The molecule has 2 rings (SSSR count). The van der Waals surface area contributed by atoms with E-state index in [1.165, 1.54) is 12.1 Å². The molecule has 1 aromatic heterocycles. The van der Waals surface area contributed by atoms with Gasteiger partial charge in [-0.05, 0) is 19.1 Å². The minimum atomic E-state index is -2.63. The van der Waals surface area contributed by atoms with Crippen molar-refractivity contribution in [1.82, 2.24) is 10.2 Å². The Morgan fingerprint density at radius 1 is 1.35 bits per heavy atom. The number of nitrogens with one attached hydrogen (secondary N) is 3. The van der Waals surface area contributed by atoms with Crippen LogP contribution in [0.2, 0.25) is 5.02 Å². The normalized spacial score (nSPS) is 10.7. The molecular formula is C12H11ClF2N4O. The van der Waals surface area contributed by atoms with Crippen LogP contribution in [0.5, 0.6) is 0 Å². The Morgan fingerprint density at radius 3 is 2.70 bits per heavy atom. The number of hydrogen-bond donors (Lipinski definition) is 3. The van der Waals surface area contributed by atoms with Gasteiger partial charge in [0.1, 0.15) is 0 Å². The van der Waals surface area contributed by atoms with Crippen molar-refractivity contribution in [3.8, 4) is 0 Å². The zero-order valence-electron chi connectivity index (χ0n) is 10.4. The third kappa shape index (κ3) is 3.45. The van der Waals surface area contributed by atoms with Crippen LogP contribution in [-0.4, -0.2) is 16.2 Å². The standard InChI is InChI=1S/C12H11ClF2N4O/c1-6-4-10(19-18-6)17-12(20)16-9-5-7(11(14)15)2-3-8(9)13/h2-5,11H,1H3,(H3,16,17,18,19,20). The maximum absolute atomic E-state index is 12.6. The average molecular weight is 301 g/mol. The SMILES string of the molecule is Cc1cc(NC(=O)Nc2cc(C(F)F)ccc2Cl)n[nH]1. The Hall–Kier alpha value is -2.15. The van der Waals surface area contributed by atoms with E-state index in [4.69, 9.17) is 11.6 Å². The van der Waals surface area contributed by atoms with Crippen molar-refractivity contribution in [3.05, 3.63) is 40.5 Å². The third-order valence-electron chi connectivity index (χ3n) is 2.44. The summed E-state index contributed by atoms with van der Waals surface area (Å²) in [4.78, 5) is 11.7. The average Bonchev–Trinajstić information content (AvgIpc) is 2.77. The molecule has 106 valence electrons. The van der Waals surface area contributed by atoms with E-state index in [2.05, 4.69) is 20.8 Å². The van der Waals surface area contributed by atoms with Crippen molar-refractivity contribution in [3.63, 3.8) is 0 Å². The predicted molar refractivity (Wildman–Crippen MR) is 72.4 cm³/mol. The van der Waals surface area contributed by atoms with Crippen LogP contribution in [0.3, 0.4) is 0 Å². The van der Waals surface area contributed by atoms with E-state index in [0.717, 1.165) is 11.8 Å². The number of carbonyl (C=O) groups is 1. The van der Waals surface area contributed by atoms with Crippen molar-refractivity contribution in [2.45, 2.75) is 13.3 Å². The van der Waals surface area contributed by atoms with Crippen molar-refractivity contribution < 1.29 is 13.6 Å². The van der Waals surface area contributed by atoms with Gasteiger partial charge in [0.15, 0.2) is 5.82 Å². The van der Waals surface area contributed by atoms with Crippen LogP contribution in [-0.2, 0) is 0 Å². The lowest BCUT2D eigenvalue weighted by Crippen LogP contribution is -2.20. The van der Waals surface area contributed by atoms with Gasteiger partial charge in [0.25, 0.3) is 6.43 Å². The smallest absolute Gasteiger partial charge is 0.306 e. The van der Waals surface area contributed by atoms with Crippen LogP contribution in [0.25, 0.3) is 0 Å². The molecule has 0 spiro atoms. The van der Waals surface area contributed by atoms with Crippen molar-refractivity contribution in [2.24, 2.45) is 0 Å². The van der Waals surface area contributed by atoms with E-state index in [1.54, 1.807) is 13.0 Å². The van der Waals surface area contributed by atoms with Crippen molar-refractivity contribution in [2.75, 3.05) is 10.6 Å². The van der Waals surface area contributed by atoms with Crippen LogP contribution in [0, 0.1) is 6.92 Å². The molecule has 20 heavy (non-hydrogen) atoms. The predicted octanol–water partition coefficient (Wildman–Crippen LogP) is 3.95. The van der Waals surface area contributed by atoms with Gasteiger partial charge in [0.05, 0.1) is 10.7 Å². The molecule has 2 aromatic rings. The zero-order valence-corrected chi connectivity index (χ0v) is 11.1. The molecule has 1 heterocycles. The number of nitrogens with zero attached hydrogens (tertiary/aromatic N) is 1. The van der Waals surface area contributed by atoms with E-state index in [1.807, 2.05) is 0 Å². The number of urea groups is 1. The molecule has 3 N–H and O–H groups in total. The number of aryl methyl sites for hydroxylation is 1. The van der Waals surface area contributed by atoms with Crippen LogP contribution in [0.4, 0.5) is 25.1 Å². The molecule has 0 radical (unpaired) electrons. The number of halogens is 3. The lowest BCUT2D eigenvalue weighted by molar-refractivity contribution is 0.151. The number of carbonyl (C=O) groups excluding carboxylic acids is 1. The fraction of sp³-hybridized carbons (Fsp3) is 0.167. The first-order chi connectivity index (χ1) is 9.45. The van der Waals surface area contributed by atoms with E-state index >= 15 is 0 Å². The molecule has 0 bridgehead atoms. The Kier molecular flexibility index (Phi) is 4.19. The molecule has 0 fully saturated rings. The summed E-state index contributed by atoms with van der Waals surface area (Å²) >= 11 is 5.84. The Bertz CT molecular complexity index is 630. The number of H-pyrrole nitrogens is 1. The topological polar surface area (TPSA) is 69.8 Å². The highest BCUT2D eigenvalue weighted by Crippen LogP contribution is 2.28. The van der Waals surface area contributed by atoms with Crippen LogP contribution in [0.15, 0.2) is 24.3 Å². The Morgan fingerprint density at radius 2 is 2.10 bits per heavy atom. The molecule has 0 unspecified atom stereocenters. The second kappa shape index (κ2) is 5.87. The highest BCUT2D eigenvalue weighted by Gasteiger charge is 2.12. The Labute approximate surface area is 118 Å². The summed E-state index contributed by atoms with van der Waals surface area (Å²) in [6.07, 6.45) is -2.63. The second-order valence-electron chi connectivity index (χ2n) is 4.06. The molecule has 0 aliphatic heterocycles. The molecular weight excluding hydrogens is 290 g/mol. The monoisotopic (exact) mass is 300 g/mol. The molecule has 8 heteroatoms. The van der Waals surface area contributed by atoms with E-state index in [-0.39, 0.29) is 16.3 Å². The molecule has 0 saturated heterocycles. The number of alkyl halides is 2. The van der Waals surface area contributed by atoms with Gasteiger partial charge in [0.2, 0.25) is 0 Å². The zero-order chi connectivity index (χ0) is 14.7. The van der Waals surface area contributed by atoms with E-state index in [0.29, 0.717) is 5.82 Å². The number of rotatable bonds is 3. The van der Waals surface area contributed by atoms with E-state index < -0.39 is 12.5 Å². The molecule has 0 atom stereocenters. The van der Waals surface area contributed by atoms with Gasteiger partial charge in [-0.3, -0.25) is 10.4 Å². The lowest BCUT2D eigenvalue weighted by Gasteiger charge is -2.09. The summed E-state index contributed by atoms with van der Waals surface area (Å²) in [5, 5.41) is 11.5. The number of hydrogen-bond acceptors (Lipinski definition) is 2. The molecule has 1 aromatic carbocycles. The van der Waals surface area contributed by atoms with Crippen LogP contribution < -0.4 is 10.6 Å². The highest BCUT2D eigenvalue weighted by atomic mass is 35.5. The van der Waals surface area contributed by atoms with Gasteiger partial charge >= 0.3 is 6.03 Å². The maximum Gasteiger partial charge on any atom is 0.324 e. The minimum Gasteiger partial charge on any atom is -0.306 e. The largest absolute Gasteiger partial charge is 0.324 e. The number of aromatic nitrogens is 2. The summed E-state index contributed by atoms with van der Waals surface area (Å²) < 4.78 is 25.2. The first-order valence-electron chi connectivity index (χ1n) is 5.63. The number of aromatic amines is 1. The van der Waals surface area contributed by atoms with Gasteiger partial charge in [-0.2, -0.15) is 5.10 Å². The lowest BCUT2D eigenvalue weighted by atomic mass is 10.2. The molecule has 2 amide bonds. The van der Waals surface area contributed by atoms with Crippen molar-refractivity contribution >= 4 is 29.1 Å². The van der Waals surface area contributed by atoms with Gasteiger partial charge in [-0.1, -0.05) is 17.7 Å².